The number of fused-ring (bicyclic) bond motifs is 1. The summed E-state index contributed by atoms with van der Waals surface area (Å²) in [5, 5.41) is 2.79. The number of aromatic nitrogens is 2. The van der Waals surface area contributed by atoms with Gasteiger partial charge in [-0.05, 0) is 44.9 Å². The number of ether oxygens (including phenoxy) is 4. The molecule has 0 atom stereocenters. The average Bonchev–Trinajstić information content (AvgIpc) is 3.47. The van der Waals surface area contributed by atoms with E-state index in [-0.39, 0.29) is 23.1 Å². The fourth-order valence-electron chi connectivity index (χ4n) is 3.73. The smallest absolute Gasteiger partial charge is 0.387 e. The molecule has 1 N–H and O–H groups in total. The lowest BCUT2D eigenvalue weighted by molar-refractivity contribution is -0.0502. The maximum Gasteiger partial charge on any atom is 0.387 e. The number of halogens is 2. The van der Waals surface area contributed by atoms with Crippen molar-refractivity contribution in [3.63, 3.8) is 0 Å². The second-order valence-corrected chi connectivity index (χ2v) is 8.71. The highest BCUT2D eigenvalue weighted by atomic mass is 19.3. The van der Waals surface area contributed by atoms with Crippen molar-refractivity contribution in [1.82, 2.24) is 14.7 Å². The predicted molar refractivity (Wildman–Crippen MR) is 121 cm³/mol. The lowest BCUT2D eigenvalue weighted by atomic mass is 10.1. The Kier molecular flexibility index (Phi) is 6.60. The van der Waals surface area contributed by atoms with Crippen LogP contribution in [0.15, 0.2) is 36.7 Å². The van der Waals surface area contributed by atoms with E-state index in [4.69, 9.17) is 18.9 Å². The molecule has 4 rings (SSSR count). The fraction of sp³-hybridized carbons (Fsp3) is 0.417. The molecule has 2 aromatic heterocycles. The van der Waals surface area contributed by atoms with E-state index in [1.54, 1.807) is 42.1 Å². The Bertz CT molecular complexity index is 1190. The number of nitrogens with one attached hydrogen (secondary N) is 1. The standard InChI is InChI=1S/C24H27F2N3O5/c1-24(2,13-31-3)34-16-7-8-29-17(12-27-20(29)11-16)14-9-18(32-4)21(19(10-14)33-23(25)26)22(30)28-15-5-6-15/h7-12,15,23H,5-6,13H2,1-4H3,(H,28,30). The first-order chi connectivity index (χ1) is 16.2. The summed E-state index contributed by atoms with van der Waals surface area (Å²) in [6.45, 7) is 1.13. The van der Waals surface area contributed by atoms with Crippen LogP contribution in [0, 0.1) is 0 Å². The third kappa shape index (κ3) is 5.22. The summed E-state index contributed by atoms with van der Waals surface area (Å²) in [6.07, 6.45) is 5.08. The van der Waals surface area contributed by atoms with Gasteiger partial charge in [0.25, 0.3) is 5.91 Å². The zero-order chi connectivity index (χ0) is 24.5. The molecule has 0 saturated heterocycles. The summed E-state index contributed by atoms with van der Waals surface area (Å²) in [4.78, 5) is 17.2. The Morgan fingerprint density at radius 3 is 2.62 bits per heavy atom. The number of nitrogens with zero attached hydrogens (tertiary/aromatic N) is 2. The molecule has 1 saturated carbocycles. The molecule has 34 heavy (non-hydrogen) atoms. The van der Waals surface area contributed by atoms with Gasteiger partial charge < -0.3 is 24.3 Å². The highest BCUT2D eigenvalue weighted by Crippen LogP contribution is 2.37. The molecule has 10 heteroatoms. The highest BCUT2D eigenvalue weighted by molar-refractivity contribution is 6.01. The van der Waals surface area contributed by atoms with E-state index in [0.29, 0.717) is 29.3 Å². The van der Waals surface area contributed by atoms with Crippen molar-refractivity contribution >= 4 is 11.6 Å². The largest absolute Gasteiger partial charge is 0.496 e. The first-order valence-electron chi connectivity index (χ1n) is 10.8. The van der Waals surface area contributed by atoms with E-state index in [2.05, 4.69) is 10.3 Å². The van der Waals surface area contributed by atoms with E-state index in [0.717, 1.165) is 12.8 Å². The van der Waals surface area contributed by atoms with Crippen molar-refractivity contribution < 1.29 is 32.5 Å². The monoisotopic (exact) mass is 475 g/mol. The Morgan fingerprint density at radius 1 is 1.24 bits per heavy atom. The zero-order valence-corrected chi connectivity index (χ0v) is 19.4. The molecule has 182 valence electrons. The third-order valence-electron chi connectivity index (χ3n) is 5.31. The molecule has 0 unspecified atom stereocenters. The van der Waals surface area contributed by atoms with Crippen molar-refractivity contribution in [3.05, 3.63) is 42.2 Å². The minimum Gasteiger partial charge on any atom is -0.496 e. The lowest BCUT2D eigenvalue weighted by Gasteiger charge is -2.25. The molecule has 0 aliphatic heterocycles. The number of imidazole rings is 1. The van der Waals surface area contributed by atoms with E-state index < -0.39 is 18.1 Å². The minimum atomic E-state index is -3.11. The Labute approximate surface area is 195 Å². The molecular weight excluding hydrogens is 448 g/mol. The number of hydrogen-bond donors (Lipinski definition) is 1. The van der Waals surface area contributed by atoms with E-state index in [1.807, 2.05) is 13.8 Å². The number of carbonyl (C=O) groups is 1. The first-order valence-corrected chi connectivity index (χ1v) is 10.8. The van der Waals surface area contributed by atoms with Crippen molar-refractivity contribution in [2.45, 2.75) is 44.9 Å². The minimum absolute atomic E-state index is 0.0420. The quantitative estimate of drug-likeness (QED) is 0.471. The van der Waals surface area contributed by atoms with Gasteiger partial charge >= 0.3 is 6.61 Å². The van der Waals surface area contributed by atoms with Gasteiger partial charge in [-0.2, -0.15) is 8.78 Å². The third-order valence-corrected chi connectivity index (χ3v) is 5.31. The molecule has 1 amide bonds. The van der Waals surface area contributed by atoms with Gasteiger partial charge in [0.2, 0.25) is 0 Å². The molecule has 1 aliphatic rings. The maximum absolute atomic E-state index is 13.2. The second kappa shape index (κ2) is 9.46. The van der Waals surface area contributed by atoms with Gasteiger partial charge in [0.1, 0.15) is 34.1 Å². The summed E-state index contributed by atoms with van der Waals surface area (Å²) in [7, 11) is 2.98. The summed E-state index contributed by atoms with van der Waals surface area (Å²) < 4.78 is 49.5. The average molecular weight is 475 g/mol. The number of alkyl halides is 2. The Balaban J connectivity index is 1.73. The van der Waals surface area contributed by atoms with E-state index in [9.17, 15) is 13.6 Å². The van der Waals surface area contributed by atoms with Crippen LogP contribution in [-0.4, -0.2) is 54.4 Å². The molecule has 0 radical (unpaired) electrons. The summed E-state index contributed by atoms with van der Waals surface area (Å²) in [5.74, 6) is -0.0421. The molecule has 1 fully saturated rings. The van der Waals surface area contributed by atoms with Gasteiger partial charge in [-0.15, -0.1) is 0 Å². The van der Waals surface area contributed by atoms with E-state index >= 15 is 0 Å². The van der Waals surface area contributed by atoms with Crippen LogP contribution in [0.25, 0.3) is 16.9 Å². The number of rotatable bonds is 10. The number of pyridine rings is 1. The molecule has 3 aromatic rings. The number of hydrogen-bond acceptors (Lipinski definition) is 6. The SMILES string of the molecule is COCC(C)(C)Oc1ccn2c(-c3cc(OC)c(C(=O)NC4CC4)c(OC(F)F)c3)cnc2c1. The highest BCUT2D eigenvalue weighted by Gasteiger charge is 2.29. The van der Waals surface area contributed by atoms with Gasteiger partial charge in [0, 0.05) is 31.0 Å². The van der Waals surface area contributed by atoms with Crippen molar-refractivity contribution in [3.8, 4) is 28.5 Å². The van der Waals surface area contributed by atoms with Crippen LogP contribution in [-0.2, 0) is 4.74 Å². The molecule has 0 bridgehead atoms. The maximum atomic E-state index is 13.2. The Morgan fingerprint density at radius 2 is 1.97 bits per heavy atom. The second-order valence-electron chi connectivity index (χ2n) is 8.71. The van der Waals surface area contributed by atoms with Crippen LogP contribution in [0.1, 0.15) is 37.0 Å². The molecular formula is C24H27F2N3O5. The summed E-state index contributed by atoms with van der Waals surface area (Å²) >= 11 is 0. The van der Waals surface area contributed by atoms with Crippen molar-refractivity contribution in [2.75, 3.05) is 20.8 Å². The van der Waals surface area contributed by atoms with Crippen molar-refractivity contribution in [2.24, 2.45) is 0 Å². The van der Waals surface area contributed by atoms with Gasteiger partial charge in [-0.1, -0.05) is 0 Å². The van der Waals surface area contributed by atoms with Crippen LogP contribution < -0.4 is 19.5 Å². The van der Waals surface area contributed by atoms with Crippen LogP contribution in [0.4, 0.5) is 8.78 Å². The molecule has 2 heterocycles. The number of amides is 1. The molecule has 1 aromatic carbocycles. The van der Waals surface area contributed by atoms with Gasteiger partial charge in [-0.25, -0.2) is 4.98 Å². The predicted octanol–water partition coefficient (Wildman–Crippen LogP) is 4.31. The number of carbonyl (C=O) groups excluding carboxylic acids is 1. The van der Waals surface area contributed by atoms with Gasteiger partial charge in [0.15, 0.2) is 0 Å². The molecule has 1 aliphatic carbocycles. The fourth-order valence-corrected chi connectivity index (χ4v) is 3.73. The topological polar surface area (TPSA) is 83.3 Å². The van der Waals surface area contributed by atoms with Gasteiger partial charge in [0.05, 0.1) is 25.6 Å². The van der Waals surface area contributed by atoms with Crippen LogP contribution in [0.3, 0.4) is 0 Å². The Hall–Kier alpha value is -3.40. The van der Waals surface area contributed by atoms with E-state index in [1.165, 1.54) is 13.2 Å². The molecule has 8 nitrogen and oxygen atoms in total. The van der Waals surface area contributed by atoms with Crippen molar-refractivity contribution in [1.29, 1.82) is 0 Å². The number of methoxy groups -OCH3 is 2. The normalized spacial score (nSPS) is 13.9. The number of benzene rings is 1. The summed E-state index contributed by atoms with van der Waals surface area (Å²) in [5.41, 5.74) is 1.09. The summed E-state index contributed by atoms with van der Waals surface area (Å²) in [6, 6.07) is 6.59. The zero-order valence-electron chi connectivity index (χ0n) is 19.4. The first kappa shape index (κ1) is 23.7. The van der Waals surface area contributed by atoms with Crippen LogP contribution in [0.5, 0.6) is 17.2 Å². The van der Waals surface area contributed by atoms with Crippen LogP contribution >= 0.6 is 0 Å². The van der Waals surface area contributed by atoms with Crippen LogP contribution in [0.2, 0.25) is 0 Å². The molecule has 0 spiro atoms. The van der Waals surface area contributed by atoms with Gasteiger partial charge in [-0.3, -0.25) is 9.20 Å². The lowest BCUT2D eigenvalue weighted by Crippen LogP contribution is -2.33.